The van der Waals surface area contributed by atoms with E-state index in [9.17, 15) is 4.79 Å². The summed E-state index contributed by atoms with van der Waals surface area (Å²) in [6, 6.07) is 15.6. The maximum atomic E-state index is 12.2. The molecular weight excluding hydrogens is 262 g/mol. The molecule has 2 rings (SSSR count). The lowest BCUT2D eigenvalue weighted by Gasteiger charge is -2.18. The summed E-state index contributed by atoms with van der Waals surface area (Å²) < 4.78 is 0. The number of hydrogen-bond donors (Lipinski definition) is 2. The fourth-order valence-corrected chi connectivity index (χ4v) is 2.03. The standard InChI is InChI=1S/C17H21N3O/c1-13-6-8-14(9-7-13)12-20(2)17(21)19-16-5-3-4-15(10-16)11-18/h3-10H,11-12,18H2,1-2H3,(H,19,21). The summed E-state index contributed by atoms with van der Waals surface area (Å²) >= 11 is 0. The quantitative estimate of drug-likeness (QED) is 0.905. The summed E-state index contributed by atoms with van der Waals surface area (Å²) in [6.07, 6.45) is 0. The van der Waals surface area contributed by atoms with Gasteiger partial charge in [-0.3, -0.25) is 0 Å². The summed E-state index contributed by atoms with van der Waals surface area (Å²) in [7, 11) is 1.78. The third-order valence-corrected chi connectivity index (χ3v) is 3.30. The molecule has 0 radical (unpaired) electrons. The maximum Gasteiger partial charge on any atom is 0.321 e. The molecule has 4 nitrogen and oxygen atoms in total. The monoisotopic (exact) mass is 283 g/mol. The van der Waals surface area contributed by atoms with Gasteiger partial charge in [-0.25, -0.2) is 4.79 Å². The number of rotatable bonds is 4. The van der Waals surface area contributed by atoms with Crippen molar-refractivity contribution in [2.75, 3.05) is 12.4 Å². The molecule has 0 aromatic heterocycles. The van der Waals surface area contributed by atoms with E-state index in [1.165, 1.54) is 5.56 Å². The summed E-state index contributed by atoms with van der Waals surface area (Å²) in [4.78, 5) is 13.8. The number of urea groups is 1. The minimum Gasteiger partial charge on any atom is -0.326 e. The van der Waals surface area contributed by atoms with Crippen LogP contribution in [0.25, 0.3) is 0 Å². The molecule has 0 saturated carbocycles. The molecule has 0 spiro atoms. The van der Waals surface area contributed by atoms with Crippen LogP contribution in [-0.2, 0) is 13.1 Å². The number of aryl methyl sites for hydroxylation is 1. The number of hydrogen-bond acceptors (Lipinski definition) is 2. The van der Waals surface area contributed by atoms with Crippen molar-refractivity contribution in [1.29, 1.82) is 0 Å². The van der Waals surface area contributed by atoms with E-state index in [2.05, 4.69) is 5.32 Å². The van der Waals surface area contributed by atoms with E-state index in [4.69, 9.17) is 5.73 Å². The molecule has 2 aromatic rings. The predicted octanol–water partition coefficient (Wildman–Crippen LogP) is 3.12. The summed E-state index contributed by atoms with van der Waals surface area (Å²) in [6.45, 7) is 3.08. The lowest BCUT2D eigenvalue weighted by molar-refractivity contribution is 0.220. The van der Waals surface area contributed by atoms with Crippen LogP contribution in [0.5, 0.6) is 0 Å². The summed E-state index contributed by atoms with van der Waals surface area (Å²) in [5.74, 6) is 0. The minimum atomic E-state index is -0.134. The van der Waals surface area contributed by atoms with Crippen LogP contribution in [0.2, 0.25) is 0 Å². The number of carbonyl (C=O) groups is 1. The maximum absolute atomic E-state index is 12.2. The predicted molar refractivity (Wildman–Crippen MR) is 86.0 cm³/mol. The van der Waals surface area contributed by atoms with Crippen molar-refractivity contribution in [3.63, 3.8) is 0 Å². The van der Waals surface area contributed by atoms with Gasteiger partial charge >= 0.3 is 6.03 Å². The molecule has 4 heteroatoms. The Morgan fingerprint density at radius 2 is 1.86 bits per heavy atom. The average molecular weight is 283 g/mol. The fourth-order valence-electron chi connectivity index (χ4n) is 2.03. The molecule has 0 saturated heterocycles. The highest BCUT2D eigenvalue weighted by atomic mass is 16.2. The third kappa shape index (κ3) is 4.33. The van der Waals surface area contributed by atoms with E-state index in [1.54, 1.807) is 11.9 Å². The lowest BCUT2D eigenvalue weighted by atomic mass is 10.1. The van der Waals surface area contributed by atoms with Crippen LogP contribution < -0.4 is 11.1 Å². The number of benzene rings is 2. The Kier molecular flexibility index (Phi) is 4.95. The molecule has 0 heterocycles. The summed E-state index contributed by atoms with van der Waals surface area (Å²) in [5.41, 5.74) is 9.68. The first-order chi connectivity index (χ1) is 10.1. The molecule has 0 aliphatic heterocycles. The van der Waals surface area contributed by atoms with Gasteiger partial charge in [0.2, 0.25) is 0 Å². The van der Waals surface area contributed by atoms with Gasteiger partial charge in [-0.2, -0.15) is 0 Å². The van der Waals surface area contributed by atoms with Crippen molar-refractivity contribution < 1.29 is 4.79 Å². The minimum absolute atomic E-state index is 0.134. The SMILES string of the molecule is Cc1ccc(CN(C)C(=O)Nc2cccc(CN)c2)cc1. The Bertz CT molecular complexity index is 608. The van der Waals surface area contributed by atoms with Crippen LogP contribution in [0.1, 0.15) is 16.7 Å². The second-order valence-electron chi connectivity index (χ2n) is 5.18. The highest BCUT2D eigenvalue weighted by Crippen LogP contribution is 2.12. The van der Waals surface area contributed by atoms with Gasteiger partial charge in [-0.1, -0.05) is 42.0 Å². The Labute approximate surface area is 125 Å². The van der Waals surface area contributed by atoms with Crippen molar-refractivity contribution in [3.05, 3.63) is 65.2 Å². The number of carbonyl (C=O) groups excluding carboxylic acids is 1. The number of anilines is 1. The number of nitrogens with two attached hydrogens (primary N) is 1. The number of nitrogens with zero attached hydrogens (tertiary/aromatic N) is 1. The number of amides is 2. The van der Waals surface area contributed by atoms with Gasteiger partial charge in [0.1, 0.15) is 0 Å². The van der Waals surface area contributed by atoms with Crippen molar-refractivity contribution in [1.82, 2.24) is 4.90 Å². The van der Waals surface area contributed by atoms with E-state index in [0.29, 0.717) is 13.1 Å². The molecule has 2 amide bonds. The lowest BCUT2D eigenvalue weighted by Crippen LogP contribution is -2.30. The zero-order chi connectivity index (χ0) is 15.2. The van der Waals surface area contributed by atoms with E-state index >= 15 is 0 Å². The van der Waals surface area contributed by atoms with Crippen LogP contribution >= 0.6 is 0 Å². The van der Waals surface area contributed by atoms with Gasteiger partial charge in [-0.05, 0) is 30.2 Å². The van der Waals surface area contributed by atoms with E-state index in [1.807, 2.05) is 55.5 Å². The van der Waals surface area contributed by atoms with E-state index in [0.717, 1.165) is 16.8 Å². The van der Waals surface area contributed by atoms with Crippen LogP contribution in [0.4, 0.5) is 10.5 Å². The van der Waals surface area contributed by atoms with Crippen LogP contribution in [0.3, 0.4) is 0 Å². The Morgan fingerprint density at radius 3 is 2.52 bits per heavy atom. The Balaban J connectivity index is 1.97. The van der Waals surface area contributed by atoms with Crippen molar-refractivity contribution >= 4 is 11.7 Å². The third-order valence-electron chi connectivity index (χ3n) is 3.30. The first-order valence-corrected chi connectivity index (χ1v) is 6.95. The van der Waals surface area contributed by atoms with E-state index < -0.39 is 0 Å². The normalized spacial score (nSPS) is 10.2. The molecular formula is C17H21N3O. The van der Waals surface area contributed by atoms with Gasteiger partial charge in [0, 0.05) is 25.8 Å². The molecule has 0 bridgehead atoms. The second kappa shape index (κ2) is 6.90. The fraction of sp³-hybridized carbons (Fsp3) is 0.235. The highest BCUT2D eigenvalue weighted by molar-refractivity contribution is 5.89. The Morgan fingerprint density at radius 1 is 1.14 bits per heavy atom. The van der Waals surface area contributed by atoms with Crippen molar-refractivity contribution in [3.8, 4) is 0 Å². The zero-order valence-electron chi connectivity index (χ0n) is 12.5. The highest BCUT2D eigenvalue weighted by Gasteiger charge is 2.09. The topological polar surface area (TPSA) is 58.4 Å². The molecule has 21 heavy (non-hydrogen) atoms. The largest absolute Gasteiger partial charge is 0.326 e. The van der Waals surface area contributed by atoms with Gasteiger partial charge in [0.05, 0.1) is 0 Å². The summed E-state index contributed by atoms with van der Waals surface area (Å²) in [5, 5.41) is 2.88. The van der Waals surface area contributed by atoms with Gasteiger partial charge in [0.25, 0.3) is 0 Å². The molecule has 0 atom stereocenters. The zero-order valence-corrected chi connectivity index (χ0v) is 12.5. The number of nitrogens with one attached hydrogen (secondary N) is 1. The average Bonchev–Trinajstić information content (AvgIpc) is 2.49. The molecule has 0 fully saturated rings. The van der Waals surface area contributed by atoms with E-state index in [-0.39, 0.29) is 6.03 Å². The van der Waals surface area contributed by atoms with Crippen LogP contribution in [0.15, 0.2) is 48.5 Å². The first kappa shape index (κ1) is 15.1. The van der Waals surface area contributed by atoms with Gasteiger partial charge in [0.15, 0.2) is 0 Å². The Hall–Kier alpha value is -2.33. The van der Waals surface area contributed by atoms with Gasteiger partial charge in [-0.15, -0.1) is 0 Å². The molecule has 0 aliphatic carbocycles. The van der Waals surface area contributed by atoms with Gasteiger partial charge < -0.3 is 16.0 Å². The van der Waals surface area contributed by atoms with Crippen molar-refractivity contribution in [2.24, 2.45) is 5.73 Å². The van der Waals surface area contributed by atoms with Crippen LogP contribution in [-0.4, -0.2) is 18.0 Å². The van der Waals surface area contributed by atoms with Crippen LogP contribution in [0, 0.1) is 6.92 Å². The molecule has 3 N–H and O–H groups in total. The second-order valence-corrected chi connectivity index (χ2v) is 5.18. The molecule has 2 aromatic carbocycles. The molecule has 0 unspecified atom stereocenters. The molecule has 0 aliphatic rings. The molecule has 110 valence electrons. The van der Waals surface area contributed by atoms with Crippen molar-refractivity contribution in [2.45, 2.75) is 20.0 Å². The smallest absolute Gasteiger partial charge is 0.321 e. The first-order valence-electron chi connectivity index (χ1n) is 6.95.